The average Bonchev–Trinajstić information content (AvgIpc) is 2.30. The molecule has 0 aliphatic heterocycles. The van der Waals surface area contributed by atoms with E-state index in [1.54, 1.807) is 13.1 Å². The molecule has 1 atom stereocenters. The van der Waals surface area contributed by atoms with Gasteiger partial charge in [-0.05, 0) is 13.8 Å². The quantitative estimate of drug-likeness (QED) is 0.653. The smallest absolute Gasteiger partial charge is 0.141 e. The van der Waals surface area contributed by atoms with Gasteiger partial charge in [-0.3, -0.25) is 10.3 Å². The van der Waals surface area contributed by atoms with Crippen molar-refractivity contribution in [1.82, 2.24) is 10.3 Å². The van der Waals surface area contributed by atoms with Crippen molar-refractivity contribution in [3.63, 3.8) is 0 Å². The molecule has 0 bridgehead atoms. The number of aliphatic hydroxyl groups excluding tert-OH is 1. The van der Waals surface area contributed by atoms with Crippen LogP contribution < -0.4 is 5.32 Å². The van der Waals surface area contributed by atoms with E-state index in [-0.39, 0.29) is 18.4 Å². The first-order chi connectivity index (χ1) is 7.60. The van der Waals surface area contributed by atoms with Crippen molar-refractivity contribution in [2.45, 2.75) is 33.0 Å². The van der Waals surface area contributed by atoms with Gasteiger partial charge >= 0.3 is 0 Å². The third kappa shape index (κ3) is 2.72. The Bertz CT molecular complexity index is 410. The van der Waals surface area contributed by atoms with E-state index in [4.69, 9.17) is 11.5 Å². The number of aromatic nitrogens is 1. The van der Waals surface area contributed by atoms with Crippen LogP contribution in [0.5, 0.6) is 5.75 Å². The van der Waals surface area contributed by atoms with E-state index in [0.29, 0.717) is 23.4 Å². The van der Waals surface area contributed by atoms with E-state index < -0.39 is 0 Å². The molecule has 1 rings (SSSR count). The van der Waals surface area contributed by atoms with Gasteiger partial charge in [0.2, 0.25) is 0 Å². The number of aryl methyl sites for hydroxylation is 1. The molecule has 0 aliphatic rings. The summed E-state index contributed by atoms with van der Waals surface area (Å²) in [5.41, 5.74) is 1.80. The maximum absolute atomic E-state index is 9.83. The van der Waals surface area contributed by atoms with Crippen molar-refractivity contribution >= 4 is 0 Å². The van der Waals surface area contributed by atoms with Crippen LogP contribution in [-0.4, -0.2) is 21.2 Å². The predicted molar refractivity (Wildman–Crippen MR) is 61.7 cm³/mol. The van der Waals surface area contributed by atoms with E-state index in [2.05, 4.69) is 16.2 Å². The van der Waals surface area contributed by atoms with Gasteiger partial charge in [-0.25, -0.2) is 0 Å². The van der Waals surface area contributed by atoms with Crippen LogP contribution in [0.4, 0.5) is 0 Å². The summed E-state index contributed by atoms with van der Waals surface area (Å²) in [6.45, 7) is 3.83. The molecule has 0 aliphatic carbocycles. The number of pyridine rings is 1. The summed E-state index contributed by atoms with van der Waals surface area (Å²) >= 11 is 0. The van der Waals surface area contributed by atoms with Gasteiger partial charge in [-0.15, -0.1) is 6.42 Å². The molecule has 0 spiro atoms. The Morgan fingerprint density at radius 1 is 1.62 bits per heavy atom. The first kappa shape index (κ1) is 12.5. The largest absolute Gasteiger partial charge is 0.506 e. The van der Waals surface area contributed by atoms with Gasteiger partial charge in [-0.2, -0.15) is 0 Å². The summed E-state index contributed by atoms with van der Waals surface area (Å²) in [6.07, 6.45) is 6.80. The lowest BCUT2D eigenvalue weighted by Crippen LogP contribution is -2.24. The Morgan fingerprint density at radius 3 is 2.88 bits per heavy atom. The number of aliphatic hydroxyl groups is 1. The molecule has 0 amide bonds. The Hall–Kier alpha value is -1.57. The van der Waals surface area contributed by atoms with Crippen LogP contribution in [0.1, 0.15) is 23.7 Å². The van der Waals surface area contributed by atoms with E-state index in [0.717, 1.165) is 0 Å². The lowest BCUT2D eigenvalue weighted by Gasteiger charge is -2.13. The van der Waals surface area contributed by atoms with Crippen LogP contribution in [0, 0.1) is 19.3 Å². The van der Waals surface area contributed by atoms with Gasteiger partial charge in [0.15, 0.2) is 0 Å². The standard InChI is InChI=1S/C12H16N2O2/c1-4-8(2)13-6-11-10(7-15)5-14-9(3)12(11)16/h1,5,8,13,15-16H,6-7H2,2-3H3. The third-order valence-corrected chi connectivity index (χ3v) is 2.44. The van der Waals surface area contributed by atoms with E-state index >= 15 is 0 Å². The highest BCUT2D eigenvalue weighted by atomic mass is 16.3. The summed E-state index contributed by atoms with van der Waals surface area (Å²) < 4.78 is 0. The Morgan fingerprint density at radius 2 is 2.31 bits per heavy atom. The molecule has 1 heterocycles. The highest BCUT2D eigenvalue weighted by molar-refractivity contribution is 5.40. The molecule has 1 aromatic rings. The molecule has 1 aromatic heterocycles. The zero-order valence-corrected chi connectivity index (χ0v) is 9.49. The number of nitrogens with one attached hydrogen (secondary N) is 1. The van der Waals surface area contributed by atoms with Crippen LogP contribution in [0.15, 0.2) is 6.20 Å². The van der Waals surface area contributed by atoms with E-state index in [1.807, 2.05) is 6.92 Å². The SMILES string of the molecule is C#CC(C)NCc1c(CO)cnc(C)c1O. The summed E-state index contributed by atoms with van der Waals surface area (Å²) in [6, 6.07) is -0.0839. The first-order valence-electron chi connectivity index (χ1n) is 5.06. The third-order valence-electron chi connectivity index (χ3n) is 2.44. The molecule has 0 saturated carbocycles. The van der Waals surface area contributed by atoms with Gasteiger partial charge in [-0.1, -0.05) is 5.92 Å². The Balaban J connectivity index is 2.93. The molecule has 3 N–H and O–H groups in total. The minimum atomic E-state index is -0.151. The minimum Gasteiger partial charge on any atom is -0.506 e. The maximum Gasteiger partial charge on any atom is 0.141 e. The van der Waals surface area contributed by atoms with Crippen LogP contribution in [-0.2, 0) is 13.2 Å². The maximum atomic E-state index is 9.83. The number of rotatable bonds is 4. The molecule has 1 unspecified atom stereocenters. The zero-order chi connectivity index (χ0) is 12.1. The molecule has 4 nitrogen and oxygen atoms in total. The van der Waals surface area contributed by atoms with Crippen molar-refractivity contribution in [3.05, 3.63) is 23.0 Å². The zero-order valence-electron chi connectivity index (χ0n) is 9.49. The topological polar surface area (TPSA) is 65.4 Å². The van der Waals surface area contributed by atoms with Gasteiger partial charge in [0.1, 0.15) is 5.75 Å². The fourth-order valence-corrected chi connectivity index (χ4v) is 1.33. The summed E-state index contributed by atoms with van der Waals surface area (Å²) in [5.74, 6) is 2.65. The van der Waals surface area contributed by atoms with E-state index in [9.17, 15) is 5.11 Å². The van der Waals surface area contributed by atoms with Gasteiger partial charge < -0.3 is 10.2 Å². The van der Waals surface area contributed by atoms with Crippen LogP contribution >= 0.6 is 0 Å². The molecular weight excluding hydrogens is 204 g/mol. The number of nitrogens with zero attached hydrogens (tertiary/aromatic N) is 1. The van der Waals surface area contributed by atoms with E-state index in [1.165, 1.54) is 0 Å². The molecule has 0 saturated heterocycles. The van der Waals surface area contributed by atoms with Gasteiger partial charge in [0, 0.05) is 23.9 Å². The fraction of sp³-hybridized carbons (Fsp3) is 0.417. The second-order valence-electron chi connectivity index (χ2n) is 3.62. The average molecular weight is 220 g/mol. The summed E-state index contributed by atoms with van der Waals surface area (Å²) in [5, 5.41) is 22.0. The van der Waals surface area contributed by atoms with Gasteiger partial charge in [0.25, 0.3) is 0 Å². The predicted octanol–water partition coefficient (Wildman–Crippen LogP) is 0.699. The second kappa shape index (κ2) is 5.50. The molecule has 16 heavy (non-hydrogen) atoms. The number of hydrogen-bond donors (Lipinski definition) is 3. The van der Waals surface area contributed by atoms with Crippen molar-refractivity contribution in [2.24, 2.45) is 0 Å². The van der Waals surface area contributed by atoms with Crippen LogP contribution in [0.25, 0.3) is 0 Å². The Labute approximate surface area is 95.3 Å². The molecule has 86 valence electrons. The highest BCUT2D eigenvalue weighted by Gasteiger charge is 2.11. The molecule has 0 fully saturated rings. The monoisotopic (exact) mass is 220 g/mol. The van der Waals surface area contributed by atoms with Gasteiger partial charge in [0.05, 0.1) is 18.3 Å². The summed E-state index contributed by atoms with van der Waals surface area (Å²) in [4.78, 5) is 3.98. The van der Waals surface area contributed by atoms with Crippen LogP contribution in [0.2, 0.25) is 0 Å². The second-order valence-corrected chi connectivity index (χ2v) is 3.62. The van der Waals surface area contributed by atoms with Crippen molar-refractivity contribution in [3.8, 4) is 18.1 Å². The number of hydrogen-bond acceptors (Lipinski definition) is 4. The first-order valence-corrected chi connectivity index (χ1v) is 5.06. The van der Waals surface area contributed by atoms with Crippen molar-refractivity contribution in [2.75, 3.05) is 0 Å². The van der Waals surface area contributed by atoms with Crippen molar-refractivity contribution < 1.29 is 10.2 Å². The Kier molecular flexibility index (Phi) is 4.29. The molecule has 0 radical (unpaired) electrons. The number of terminal acetylenes is 1. The van der Waals surface area contributed by atoms with Crippen LogP contribution in [0.3, 0.4) is 0 Å². The minimum absolute atomic E-state index is 0.0839. The molecular formula is C12H16N2O2. The molecule has 4 heteroatoms. The lowest BCUT2D eigenvalue weighted by molar-refractivity contribution is 0.278. The van der Waals surface area contributed by atoms with Crippen molar-refractivity contribution in [1.29, 1.82) is 0 Å². The number of aromatic hydroxyl groups is 1. The normalized spacial score (nSPS) is 12.1. The molecule has 0 aromatic carbocycles. The lowest BCUT2D eigenvalue weighted by atomic mass is 10.1. The fourth-order valence-electron chi connectivity index (χ4n) is 1.33. The highest BCUT2D eigenvalue weighted by Crippen LogP contribution is 2.23. The summed E-state index contributed by atoms with van der Waals surface area (Å²) in [7, 11) is 0.